The average molecular weight is 493 g/mol. The molecule has 0 spiro atoms. The van der Waals surface area contributed by atoms with Gasteiger partial charge in [0.05, 0.1) is 47.1 Å². The van der Waals surface area contributed by atoms with Crippen LogP contribution in [0.15, 0.2) is 49.3 Å². The first-order valence-corrected chi connectivity index (χ1v) is 11.1. The number of hydrogen-bond acceptors (Lipinski definition) is 7. The molecule has 0 bridgehead atoms. The predicted molar refractivity (Wildman–Crippen MR) is 123 cm³/mol. The zero-order valence-electron chi connectivity index (χ0n) is 18.6. The van der Waals surface area contributed by atoms with Crippen molar-refractivity contribution in [2.75, 3.05) is 5.32 Å². The van der Waals surface area contributed by atoms with Crippen LogP contribution in [0.5, 0.6) is 0 Å². The Bertz CT molecular complexity index is 1590. The van der Waals surface area contributed by atoms with Gasteiger partial charge in [-0.25, -0.2) is 14.5 Å². The second kappa shape index (κ2) is 7.67. The third-order valence-electron chi connectivity index (χ3n) is 6.35. The summed E-state index contributed by atoms with van der Waals surface area (Å²) in [6.07, 6.45) is 10.2. The van der Waals surface area contributed by atoms with Gasteiger partial charge in [-0.05, 0) is 19.4 Å². The number of nitrogens with zero attached hydrogens (tertiary/aromatic N) is 9. The number of anilines is 1. The molecule has 11 nitrogen and oxygen atoms in total. The molecule has 13 heteroatoms. The Hall–Kier alpha value is -4.19. The summed E-state index contributed by atoms with van der Waals surface area (Å²) >= 11 is 6.36. The number of carbonyl (C=O) groups is 1. The molecular weight excluding hydrogens is 475 g/mol. The van der Waals surface area contributed by atoms with E-state index in [2.05, 4.69) is 35.7 Å². The Labute approximate surface area is 202 Å². The van der Waals surface area contributed by atoms with Gasteiger partial charge in [-0.15, -0.1) is 9.90 Å². The second-order valence-electron chi connectivity index (χ2n) is 8.63. The Morgan fingerprint density at radius 2 is 1.97 bits per heavy atom. The van der Waals surface area contributed by atoms with Crippen molar-refractivity contribution in [2.45, 2.75) is 24.7 Å². The topological polar surface area (TPSA) is 121 Å². The standard InChI is InChI=1S/C22H18ClFN10O/c1-22(12-8-29-32(2)11-12)7-14(15-10-25-18-6-17(24)31-33(18)19(15)22)21(35)30-13-5-16(23)20(26-9-13)34-27-3-4-28-34/h3-6,8-11,14H,7H2,1-2H3,(H,30,35). The molecule has 2 atom stereocenters. The van der Waals surface area contributed by atoms with Gasteiger partial charge >= 0.3 is 0 Å². The highest BCUT2D eigenvalue weighted by Crippen LogP contribution is 2.49. The molecule has 2 unspecified atom stereocenters. The molecule has 1 N–H and O–H groups in total. The first kappa shape index (κ1) is 21.4. The summed E-state index contributed by atoms with van der Waals surface area (Å²) in [6, 6.07) is 2.85. The highest BCUT2D eigenvalue weighted by Gasteiger charge is 2.47. The summed E-state index contributed by atoms with van der Waals surface area (Å²) in [5.41, 5.74) is 2.40. The smallest absolute Gasteiger partial charge is 0.235 e. The molecule has 0 aliphatic heterocycles. The summed E-state index contributed by atoms with van der Waals surface area (Å²) in [6.45, 7) is 2.00. The van der Waals surface area contributed by atoms with Gasteiger partial charge in [-0.2, -0.15) is 19.7 Å². The maximum atomic E-state index is 14.1. The van der Waals surface area contributed by atoms with Crippen LogP contribution in [0.4, 0.5) is 10.1 Å². The van der Waals surface area contributed by atoms with E-state index in [1.54, 1.807) is 23.1 Å². The number of carbonyl (C=O) groups excluding carboxylic acids is 1. The van der Waals surface area contributed by atoms with Crippen LogP contribution in [0.25, 0.3) is 11.5 Å². The number of nitrogens with one attached hydrogen (secondary N) is 1. The van der Waals surface area contributed by atoms with E-state index in [0.29, 0.717) is 34.8 Å². The van der Waals surface area contributed by atoms with Gasteiger partial charge < -0.3 is 5.32 Å². The van der Waals surface area contributed by atoms with Crippen LogP contribution < -0.4 is 5.32 Å². The maximum absolute atomic E-state index is 14.1. The van der Waals surface area contributed by atoms with Crippen LogP contribution in [-0.2, 0) is 17.3 Å². The minimum atomic E-state index is -0.656. The maximum Gasteiger partial charge on any atom is 0.235 e. The Kier molecular flexibility index (Phi) is 4.68. The lowest BCUT2D eigenvalue weighted by Gasteiger charge is -2.24. The lowest BCUT2D eigenvalue weighted by atomic mass is 9.80. The van der Waals surface area contributed by atoms with Crippen LogP contribution in [0, 0.1) is 5.95 Å². The van der Waals surface area contributed by atoms with Crippen LogP contribution in [0.3, 0.4) is 0 Å². The molecule has 0 saturated carbocycles. The molecule has 1 amide bonds. The van der Waals surface area contributed by atoms with E-state index in [9.17, 15) is 9.18 Å². The van der Waals surface area contributed by atoms with Crippen molar-refractivity contribution in [1.29, 1.82) is 0 Å². The fourth-order valence-electron chi connectivity index (χ4n) is 4.74. The monoisotopic (exact) mass is 492 g/mol. The zero-order chi connectivity index (χ0) is 24.3. The lowest BCUT2D eigenvalue weighted by Crippen LogP contribution is -2.25. The molecule has 0 fully saturated rings. The third kappa shape index (κ3) is 3.36. The Morgan fingerprint density at radius 3 is 2.69 bits per heavy atom. The van der Waals surface area contributed by atoms with Gasteiger partial charge in [0.2, 0.25) is 11.9 Å². The van der Waals surface area contributed by atoms with Gasteiger partial charge in [0, 0.05) is 42.0 Å². The number of fused-ring (bicyclic) bond motifs is 3. The molecule has 0 aromatic carbocycles. The first-order valence-electron chi connectivity index (χ1n) is 10.7. The van der Waals surface area contributed by atoms with E-state index in [0.717, 1.165) is 5.56 Å². The third-order valence-corrected chi connectivity index (χ3v) is 6.63. The van der Waals surface area contributed by atoms with Gasteiger partial charge in [-0.1, -0.05) is 11.6 Å². The molecule has 0 saturated heterocycles. The minimum absolute atomic E-state index is 0.268. The largest absolute Gasteiger partial charge is 0.324 e. The van der Waals surface area contributed by atoms with Crippen molar-refractivity contribution in [3.8, 4) is 5.82 Å². The van der Waals surface area contributed by atoms with Crippen LogP contribution >= 0.6 is 11.6 Å². The fraction of sp³-hybridized carbons (Fsp3) is 0.227. The van der Waals surface area contributed by atoms with Crippen molar-refractivity contribution >= 4 is 28.8 Å². The molecule has 1 aliphatic carbocycles. The van der Waals surface area contributed by atoms with Crippen molar-refractivity contribution < 1.29 is 9.18 Å². The molecule has 176 valence electrons. The highest BCUT2D eigenvalue weighted by atomic mass is 35.5. The van der Waals surface area contributed by atoms with Crippen molar-refractivity contribution in [2.24, 2.45) is 7.05 Å². The number of aromatic nitrogens is 9. The van der Waals surface area contributed by atoms with E-state index in [1.807, 2.05) is 20.2 Å². The second-order valence-corrected chi connectivity index (χ2v) is 9.04. The minimum Gasteiger partial charge on any atom is -0.324 e. The summed E-state index contributed by atoms with van der Waals surface area (Å²) in [5.74, 6) is -1.14. The molecule has 35 heavy (non-hydrogen) atoms. The average Bonchev–Trinajstić information content (AvgIpc) is 3.60. The van der Waals surface area contributed by atoms with E-state index in [1.165, 1.54) is 34.0 Å². The molecular formula is C22H18ClFN10O. The molecule has 1 aliphatic rings. The van der Waals surface area contributed by atoms with E-state index in [-0.39, 0.29) is 10.9 Å². The number of hydrogen-bond donors (Lipinski definition) is 1. The van der Waals surface area contributed by atoms with Gasteiger partial charge in [0.25, 0.3) is 0 Å². The molecule has 5 aromatic heterocycles. The summed E-state index contributed by atoms with van der Waals surface area (Å²) < 4.78 is 17.2. The van der Waals surface area contributed by atoms with Crippen LogP contribution in [0.2, 0.25) is 5.02 Å². The van der Waals surface area contributed by atoms with Crippen molar-refractivity contribution in [3.05, 3.63) is 77.1 Å². The van der Waals surface area contributed by atoms with Crippen LogP contribution in [0.1, 0.15) is 36.1 Å². The van der Waals surface area contributed by atoms with Crippen LogP contribution in [-0.4, -0.2) is 50.3 Å². The van der Waals surface area contributed by atoms with Crippen molar-refractivity contribution in [1.82, 2.24) is 44.4 Å². The summed E-state index contributed by atoms with van der Waals surface area (Å²) in [4.78, 5) is 23.4. The number of aryl methyl sites for hydroxylation is 1. The van der Waals surface area contributed by atoms with Gasteiger partial charge in [0.15, 0.2) is 11.5 Å². The molecule has 5 heterocycles. The zero-order valence-corrected chi connectivity index (χ0v) is 19.3. The number of rotatable bonds is 4. The molecule has 6 rings (SSSR count). The van der Waals surface area contributed by atoms with E-state index in [4.69, 9.17) is 11.6 Å². The highest BCUT2D eigenvalue weighted by molar-refractivity contribution is 6.32. The van der Waals surface area contributed by atoms with Gasteiger partial charge in [0.1, 0.15) is 0 Å². The summed E-state index contributed by atoms with van der Waals surface area (Å²) in [7, 11) is 1.82. The van der Waals surface area contributed by atoms with E-state index < -0.39 is 17.3 Å². The van der Waals surface area contributed by atoms with Crippen molar-refractivity contribution in [3.63, 3.8) is 0 Å². The number of pyridine rings is 1. The lowest BCUT2D eigenvalue weighted by molar-refractivity contribution is -0.117. The molecule has 0 radical (unpaired) electrons. The number of halogens is 2. The normalized spacial score (nSPS) is 19.3. The van der Waals surface area contributed by atoms with E-state index >= 15 is 0 Å². The quantitative estimate of drug-likeness (QED) is 0.409. The molecule has 5 aromatic rings. The first-order chi connectivity index (χ1) is 16.8. The SMILES string of the molecule is Cn1cc(C2(C)CC(C(=O)Nc3cnc(-n4nccn4)c(Cl)c3)c3cnc4cc(F)nn4c32)cn1. The fourth-order valence-corrected chi connectivity index (χ4v) is 4.98. The summed E-state index contributed by atoms with van der Waals surface area (Å²) in [5, 5.41) is 19.5. The predicted octanol–water partition coefficient (Wildman–Crippen LogP) is 2.66. The Morgan fingerprint density at radius 1 is 1.17 bits per heavy atom. The number of amides is 1. The Balaban J connectivity index is 1.38. The van der Waals surface area contributed by atoms with Gasteiger partial charge in [-0.3, -0.25) is 9.48 Å².